The van der Waals surface area contributed by atoms with Gasteiger partial charge in [-0.25, -0.2) is 0 Å². The molecule has 3 heterocycles. The van der Waals surface area contributed by atoms with E-state index in [9.17, 15) is 4.79 Å². The van der Waals surface area contributed by atoms with Gasteiger partial charge in [-0.15, -0.1) is 0 Å². The number of nitrogens with one attached hydrogen (secondary N) is 1. The summed E-state index contributed by atoms with van der Waals surface area (Å²) in [5, 5.41) is 20.7. The lowest BCUT2D eigenvalue weighted by Crippen LogP contribution is -2.30. The second-order valence-electron chi connectivity index (χ2n) is 6.56. The molecular weight excluding hydrogens is 294 g/mol. The van der Waals surface area contributed by atoms with Crippen molar-refractivity contribution in [2.75, 3.05) is 6.54 Å². The first-order valence-corrected chi connectivity index (χ1v) is 8.20. The van der Waals surface area contributed by atoms with E-state index in [0.29, 0.717) is 12.5 Å². The minimum atomic E-state index is -0.793. The van der Waals surface area contributed by atoms with Crippen LogP contribution in [0.25, 0.3) is 0 Å². The lowest BCUT2D eigenvalue weighted by Gasteiger charge is -2.26. The van der Waals surface area contributed by atoms with Gasteiger partial charge in [-0.1, -0.05) is 0 Å². The second kappa shape index (κ2) is 5.81. The predicted molar refractivity (Wildman–Crippen MR) is 82.9 cm³/mol. The Bertz CT molecular complexity index is 716. The van der Waals surface area contributed by atoms with Gasteiger partial charge in [-0.05, 0) is 12.8 Å². The number of rotatable bonds is 6. The zero-order chi connectivity index (χ0) is 15.8. The van der Waals surface area contributed by atoms with E-state index in [-0.39, 0.29) is 6.42 Å². The fourth-order valence-electron chi connectivity index (χ4n) is 3.28. The highest BCUT2D eigenvalue weighted by atomic mass is 16.4. The molecule has 0 radical (unpaired) electrons. The summed E-state index contributed by atoms with van der Waals surface area (Å²) < 4.78 is 1.71. The molecule has 4 rings (SSSR count). The van der Waals surface area contributed by atoms with Crippen molar-refractivity contribution in [1.82, 2.24) is 24.9 Å². The largest absolute Gasteiger partial charge is 0.481 e. The standard InChI is InChI=1S/C16H21N5O2/c22-15(23)4-6-21-9-11(7-17-21)8-20-5-3-14-13(10-20)16(19-18-14)12-1-2-12/h7,9,12H,1-6,8,10H2,(H,18,19)(H,22,23). The third-order valence-corrected chi connectivity index (χ3v) is 4.66. The topological polar surface area (TPSA) is 87.0 Å². The summed E-state index contributed by atoms with van der Waals surface area (Å²) in [7, 11) is 0. The monoisotopic (exact) mass is 315 g/mol. The molecule has 1 saturated carbocycles. The van der Waals surface area contributed by atoms with Crippen LogP contribution in [0.3, 0.4) is 0 Å². The highest BCUT2D eigenvalue weighted by Crippen LogP contribution is 2.42. The second-order valence-corrected chi connectivity index (χ2v) is 6.56. The average molecular weight is 315 g/mol. The Morgan fingerprint density at radius 1 is 1.43 bits per heavy atom. The summed E-state index contributed by atoms with van der Waals surface area (Å²) in [4.78, 5) is 13.0. The number of aromatic nitrogens is 4. The fraction of sp³-hybridized carbons (Fsp3) is 0.562. The van der Waals surface area contributed by atoms with Crippen LogP contribution in [0, 0.1) is 0 Å². The molecule has 0 spiro atoms. The molecule has 1 fully saturated rings. The summed E-state index contributed by atoms with van der Waals surface area (Å²) in [5.74, 6) is -0.119. The number of aromatic amines is 1. The lowest BCUT2D eigenvalue weighted by atomic mass is 10.0. The van der Waals surface area contributed by atoms with Gasteiger partial charge in [-0.2, -0.15) is 10.2 Å². The molecule has 7 heteroatoms. The summed E-state index contributed by atoms with van der Waals surface area (Å²) in [6.07, 6.45) is 7.46. The molecule has 0 saturated heterocycles. The fourth-order valence-corrected chi connectivity index (χ4v) is 3.28. The van der Waals surface area contributed by atoms with Gasteiger partial charge in [0.15, 0.2) is 0 Å². The highest BCUT2D eigenvalue weighted by molar-refractivity contribution is 5.66. The van der Waals surface area contributed by atoms with Gasteiger partial charge >= 0.3 is 5.97 Å². The van der Waals surface area contributed by atoms with Crippen LogP contribution in [0.1, 0.15) is 47.7 Å². The maximum absolute atomic E-state index is 10.6. The van der Waals surface area contributed by atoms with Gasteiger partial charge in [0, 0.05) is 55.0 Å². The van der Waals surface area contributed by atoms with E-state index in [0.717, 1.165) is 31.6 Å². The Kier molecular flexibility index (Phi) is 3.65. The van der Waals surface area contributed by atoms with E-state index in [1.165, 1.54) is 29.8 Å². The molecule has 2 N–H and O–H groups in total. The van der Waals surface area contributed by atoms with Gasteiger partial charge in [0.1, 0.15) is 0 Å². The lowest BCUT2D eigenvalue weighted by molar-refractivity contribution is -0.137. The number of fused-ring (bicyclic) bond motifs is 1. The zero-order valence-corrected chi connectivity index (χ0v) is 13.0. The Balaban J connectivity index is 1.40. The van der Waals surface area contributed by atoms with Crippen molar-refractivity contribution < 1.29 is 9.90 Å². The van der Waals surface area contributed by atoms with E-state index >= 15 is 0 Å². The van der Waals surface area contributed by atoms with Crippen LogP contribution in [0.2, 0.25) is 0 Å². The van der Waals surface area contributed by atoms with Crippen LogP contribution >= 0.6 is 0 Å². The predicted octanol–water partition coefficient (Wildman–Crippen LogP) is 1.52. The minimum Gasteiger partial charge on any atom is -0.481 e. The first-order valence-electron chi connectivity index (χ1n) is 8.20. The van der Waals surface area contributed by atoms with E-state index in [1.807, 2.05) is 12.4 Å². The van der Waals surface area contributed by atoms with E-state index in [2.05, 4.69) is 20.2 Å². The number of carbonyl (C=O) groups is 1. The van der Waals surface area contributed by atoms with Crippen LogP contribution < -0.4 is 0 Å². The van der Waals surface area contributed by atoms with Crippen molar-refractivity contribution in [1.29, 1.82) is 0 Å². The zero-order valence-electron chi connectivity index (χ0n) is 13.0. The van der Waals surface area contributed by atoms with Crippen molar-refractivity contribution in [2.45, 2.75) is 51.2 Å². The van der Waals surface area contributed by atoms with Gasteiger partial charge < -0.3 is 5.11 Å². The van der Waals surface area contributed by atoms with Crippen molar-refractivity contribution in [3.05, 3.63) is 34.9 Å². The quantitative estimate of drug-likeness (QED) is 0.844. The van der Waals surface area contributed by atoms with Gasteiger partial charge in [0.25, 0.3) is 0 Å². The molecule has 0 bridgehead atoms. The normalized spacial score (nSPS) is 18.1. The Morgan fingerprint density at radius 3 is 3.09 bits per heavy atom. The minimum absolute atomic E-state index is 0.105. The highest BCUT2D eigenvalue weighted by Gasteiger charge is 2.32. The van der Waals surface area contributed by atoms with Crippen molar-refractivity contribution in [2.24, 2.45) is 0 Å². The number of aryl methyl sites for hydroxylation is 1. The Morgan fingerprint density at radius 2 is 2.30 bits per heavy atom. The molecule has 2 aliphatic rings. The van der Waals surface area contributed by atoms with Gasteiger partial charge in [-0.3, -0.25) is 19.5 Å². The summed E-state index contributed by atoms with van der Waals surface area (Å²) >= 11 is 0. The number of carboxylic acid groups (broad SMARTS) is 1. The number of aliphatic carboxylic acids is 1. The molecular formula is C16H21N5O2. The first kappa shape index (κ1) is 14.4. The number of hydrogen-bond donors (Lipinski definition) is 2. The van der Waals surface area contributed by atoms with Crippen LogP contribution in [0.15, 0.2) is 12.4 Å². The molecule has 23 heavy (non-hydrogen) atoms. The van der Waals surface area contributed by atoms with Crippen LogP contribution in [0.4, 0.5) is 0 Å². The van der Waals surface area contributed by atoms with Crippen LogP contribution in [0.5, 0.6) is 0 Å². The van der Waals surface area contributed by atoms with Gasteiger partial charge in [0.05, 0.1) is 24.9 Å². The summed E-state index contributed by atoms with van der Waals surface area (Å²) in [5.41, 5.74) is 5.12. The molecule has 1 aliphatic heterocycles. The van der Waals surface area contributed by atoms with Gasteiger partial charge in [0.2, 0.25) is 0 Å². The molecule has 0 unspecified atom stereocenters. The van der Waals surface area contributed by atoms with E-state index in [4.69, 9.17) is 5.11 Å². The number of nitrogens with zero attached hydrogens (tertiary/aromatic N) is 4. The third-order valence-electron chi connectivity index (χ3n) is 4.66. The number of carboxylic acids is 1. The van der Waals surface area contributed by atoms with Crippen LogP contribution in [-0.2, 0) is 30.8 Å². The van der Waals surface area contributed by atoms with E-state index < -0.39 is 5.97 Å². The molecule has 0 atom stereocenters. The maximum atomic E-state index is 10.6. The molecule has 1 aliphatic carbocycles. The van der Waals surface area contributed by atoms with Crippen molar-refractivity contribution >= 4 is 5.97 Å². The maximum Gasteiger partial charge on any atom is 0.305 e. The summed E-state index contributed by atoms with van der Waals surface area (Å²) in [6.45, 7) is 3.23. The number of hydrogen-bond acceptors (Lipinski definition) is 4. The third kappa shape index (κ3) is 3.14. The molecule has 7 nitrogen and oxygen atoms in total. The van der Waals surface area contributed by atoms with Crippen LogP contribution in [-0.4, -0.2) is 42.5 Å². The first-order chi connectivity index (χ1) is 11.2. The molecule has 2 aromatic heterocycles. The molecule has 0 amide bonds. The summed E-state index contributed by atoms with van der Waals surface area (Å²) in [6, 6.07) is 0. The van der Waals surface area contributed by atoms with E-state index in [1.54, 1.807) is 4.68 Å². The molecule has 122 valence electrons. The average Bonchev–Trinajstić information content (AvgIpc) is 3.13. The smallest absolute Gasteiger partial charge is 0.305 e. The van der Waals surface area contributed by atoms with Crippen molar-refractivity contribution in [3.63, 3.8) is 0 Å². The Hall–Kier alpha value is -2.15. The molecule has 2 aromatic rings. The SMILES string of the molecule is O=C(O)CCn1cc(CN2CCc3[nH]nc(C4CC4)c3C2)cn1. The van der Waals surface area contributed by atoms with Crippen molar-refractivity contribution in [3.8, 4) is 0 Å². The Labute approximate surface area is 134 Å². The molecule has 0 aromatic carbocycles. The number of H-pyrrole nitrogens is 1.